The van der Waals surface area contributed by atoms with Crippen LogP contribution in [0.25, 0.3) is 0 Å². The first kappa shape index (κ1) is 19.2. The first-order chi connectivity index (χ1) is 13.0. The van der Waals surface area contributed by atoms with Crippen molar-refractivity contribution < 1.29 is 27.4 Å². The molecule has 9 nitrogen and oxygen atoms in total. The van der Waals surface area contributed by atoms with E-state index >= 15 is 0 Å². The van der Waals surface area contributed by atoms with Crippen LogP contribution in [-0.2, 0) is 10.0 Å². The first-order valence-electron chi connectivity index (χ1n) is 8.24. The molecular formula is C17H21N3O6S. The Morgan fingerprint density at radius 2 is 1.67 bits per heavy atom. The molecule has 0 N–H and O–H groups in total. The van der Waals surface area contributed by atoms with Crippen LogP contribution >= 0.6 is 0 Å². The van der Waals surface area contributed by atoms with Crippen LogP contribution in [0.2, 0.25) is 0 Å². The van der Waals surface area contributed by atoms with Gasteiger partial charge in [-0.3, -0.25) is 0 Å². The number of nitrogens with zero attached hydrogens (tertiary/aromatic N) is 3. The zero-order valence-electron chi connectivity index (χ0n) is 15.3. The van der Waals surface area contributed by atoms with Crippen LogP contribution < -0.4 is 18.9 Å². The summed E-state index contributed by atoms with van der Waals surface area (Å²) in [5.41, 5.74) is 0. The second-order valence-electron chi connectivity index (χ2n) is 5.82. The molecule has 27 heavy (non-hydrogen) atoms. The van der Waals surface area contributed by atoms with E-state index in [9.17, 15) is 8.42 Å². The summed E-state index contributed by atoms with van der Waals surface area (Å²) in [5, 5.41) is 7.74. The van der Waals surface area contributed by atoms with Gasteiger partial charge in [-0.1, -0.05) is 0 Å². The molecule has 146 valence electrons. The number of aromatic nitrogens is 2. The van der Waals surface area contributed by atoms with Crippen LogP contribution in [0.5, 0.6) is 23.3 Å². The number of methoxy groups -OCH3 is 3. The van der Waals surface area contributed by atoms with Crippen molar-refractivity contribution in [3.8, 4) is 23.3 Å². The van der Waals surface area contributed by atoms with Crippen molar-refractivity contribution in [2.24, 2.45) is 0 Å². The minimum atomic E-state index is -3.67. The van der Waals surface area contributed by atoms with Crippen molar-refractivity contribution in [2.45, 2.75) is 17.4 Å². The van der Waals surface area contributed by atoms with Crippen molar-refractivity contribution >= 4 is 10.0 Å². The molecule has 1 aliphatic heterocycles. The fraction of sp³-hybridized carbons (Fsp3) is 0.412. The van der Waals surface area contributed by atoms with E-state index in [-0.39, 0.29) is 17.5 Å². The molecule has 2 heterocycles. The molecule has 0 spiro atoms. The second-order valence-corrected chi connectivity index (χ2v) is 7.76. The summed E-state index contributed by atoms with van der Waals surface area (Å²) in [7, 11) is 0.787. The molecule has 1 saturated heterocycles. The number of sulfonamides is 1. The van der Waals surface area contributed by atoms with E-state index in [2.05, 4.69) is 10.2 Å². The molecule has 0 amide bonds. The molecule has 1 atom stereocenters. The van der Waals surface area contributed by atoms with Crippen LogP contribution in [0, 0.1) is 0 Å². The average Bonchev–Trinajstić information content (AvgIpc) is 3.17. The Kier molecular flexibility index (Phi) is 5.66. The lowest BCUT2D eigenvalue weighted by Gasteiger charge is -2.18. The highest BCUT2D eigenvalue weighted by molar-refractivity contribution is 7.89. The summed E-state index contributed by atoms with van der Waals surface area (Å²) in [4.78, 5) is 0.144. The maximum atomic E-state index is 12.9. The molecule has 0 bridgehead atoms. The van der Waals surface area contributed by atoms with Gasteiger partial charge in [-0.25, -0.2) is 8.42 Å². The lowest BCUT2D eigenvalue weighted by atomic mass is 10.3. The summed E-state index contributed by atoms with van der Waals surface area (Å²) < 4.78 is 48.2. The molecule has 1 aliphatic rings. The van der Waals surface area contributed by atoms with E-state index in [1.54, 1.807) is 18.2 Å². The third-order valence-electron chi connectivity index (χ3n) is 4.21. The van der Waals surface area contributed by atoms with Crippen molar-refractivity contribution in [1.29, 1.82) is 0 Å². The summed E-state index contributed by atoms with van der Waals surface area (Å²) in [6.45, 7) is 0.579. The molecule has 10 heteroatoms. The van der Waals surface area contributed by atoms with Gasteiger partial charge in [0.25, 0.3) is 0 Å². The lowest BCUT2D eigenvalue weighted by Crippen LogP contribution is -2.31. The summed E-state index contributed by atoms with van der Waals surface area (Å²) >= 11 is 0. The molecule has 0 radical (unpaired) electrons. The molecule has 1 unspecified atom stereocenters. The molecular weight excluding hydrogens is 374 g/mol. The van der Waals surface area contributed by atoms with Crippen molar-refractivity contribution in [3.63, 3.8) is 0 Å². The number of hydrogen-bond donors (Lipinski definition) is 0. The molecule has 2 aromatic rings. The van der Waals surface area contributed by atoms with Gasteiger partial charge in [-0.05, 0) is 18.6 Å². The highest BCUT2D eigenvalue weighted by Gasteiger charge is 2.34. The predicted molar refractivity (Wildman–Crippen MR) is 95.9 cm³/mol. The molecule has 1 fully saturated rings. The predicted octanol–water partition coefficient (Wildman–Crippen LogP) is 1.34. The van der Waals surface area contributed by atoms with Gasteiger partial charge in [0.15, 0.2) is 11.5 Å². The maximum absolute atomic E-state index is 12.9. The van der Waals surface area contributed by atoms with Gasteiger partial charge in [0.2, 0.25) is 21.8 Å². The van der Waals surface area contributed by atoms with Gasteiger partial charge in [-0.15, -0.1) is 10.2 Å². The fourth-order valence-electron chi connectivity index (χ4n) is 2.79. The van der Waals surface area contributed by atoms with E-state index in [4.69, 9.17) is 18.9 Å². The summed E-state index contributed by atoms with van der Waals surface area (Å²) in [6.07, 6.45) is 0.253. The van der Waals surface area contributed by atoms with E-state index in [1.807, 2.05) is 0 Å². The Morgan fingerprint density at radius 1 is 0.963 bits per heavy atom. The normalized spacial score (nSPS) is 17.5. The first-order valence-corrected chi connectivity index (χ1v) is 9.68. The van der Waals surface area contributed by atoms with Gasteiger partial charge in [0.05, 0.1) is 32.8 Å². The zero-order chi connectivity index (χ0) is 19.4. The second kappa shape index (κ2) is 7.97. The summed E-state index contributed by atoms with van der Waals surface area (Å²) in [6, 6.07) is 7.80. The van der Waals surface area contributed by atoms with E-state index in [1.165, 1.54) is 37.8 Å². The monoisotopic (exact) mass is 395 g/mol. The number of rotatable bonds is 7. The van der Waals surface area contributed by atoms with Crippen LogP contribution in [-0.4, -0.2) is 63.4 Å². The minimum absolute atomic E-state index is 0.144. The van der Waals surface area contributed by atoms with Crippen molar-refractivity contribution in [2.75, 3.05) is 34.4 Å². The molecule has 1 aromatic heterocycles. The SMILES string of the molecule is COc1ccc(OC2CCN(S(=O)(=O)c3ccc(OC)c(OC)c3)C2)nn1. The lowest BCUT2D eigenvalue weighted by molar-refractivity contribution is 0.203. The van der Waals surface area contributed by atoms with Crippen LogP contribution in [0.1, 0.15) is 6.42 Å². The molecule has 0 saturated carbocycles. The quantitative estimate of drug-likeness (QED) is 0.693. The van der Waals surface area contributed by atoms with Crippen molar-refractivity contribution in [1.82, 2.24) is 14.5 Å². The Hall–Kier alpha value is -2.59. The Bertz CT molecular complexity index is 888. The van der Waals surface area contributed by atoms with Crippen LogP contribution in [0.3, 0.4) is 0 Å². The van der Waals surface area contributed by atoms with Gasteiger partial charge in [-0.2, -0.15) is 4.31 Å². The van der Waals surface area contributed by atoms with Gasteiger partial charge < -0.3 is 18.9 Å². The largest absolute Gasteiger partial charge is 0.493 e. The number of ether oxygens (including phenoxy) is 4. The number of hydrogen-bond acceptors (Lipinski definition) is 8. The van der Waals surface area contributed by atoms with E-state index in [0.717, 1.165) is 0 Å². The topological polar surface area (TPSA) is 100 Å². The smallest absolute Gasteiger partial charge is 0.243 e. The highest BCUT2D eigenvalue weighted by atomic mass is 32.2. The van der Waals surface area contributed by atoms with E-state index in [0.29, 0.717) is 36.2 Å². The van der Waals surface area contributed by atoms with Crippen molar-refractivity contribution in [3.05, 3.63) is 30.3 Å². The summed E-state index contributed by atoms with van der Waals surface area (Å²) in [5.74, 6) is 1.54. The van der Waals surface area contributed by atoms with Gasteiger partial charge in [0.1, 0.15) is 6.10 Å². The Morgan fingerprint density at radius 3 is 2.30 bits per heavy atom. The fourth-order valence-corrected chi connectivity index (χ4v) is 4.29. The van der Waals surface area contributed by atoms with E-state index < -0.39 is 10.0 Å². The standard InChI is InChI=1S/C17H21N3O6S/c1-23-14-5-4-13(10-15(14)24-2)27(21,22)20-9-8-12(11-20)26-17-7-6-16(25-3)18-19-17/h4-7,10,12H,8-9,11H2,1-3H3. The third-order valence-corrected chi connectivity index (χ3v) is 6.07. The molecule has 0 aliphatic carbocycles. The maximum Gasteiger partial charge on any atom is 0.243 e. The number of benzene rings is 1. The minimum Gasteiger partial charge on any atom is -0.493 e. The average molecular weight is 395 g/mol. The third kappa shape index (κ3) is 4.06. The molecule has 3 rings (SSSR count). The Balaban J connectivity index is 1.71. The Labute approximate surface area is 157 Å². The highest BCUT2D eigenvalue weighted by Crippen LogP contribution is 2.32. The molecule has 1 aromatic carbocycles. The van der Waals surface area contributed by atoms with Crippen LogP contribution in [0.4, 0.5) is 0 Å². The van der Waals surface area contributed by atoms with Gasteiger partial charge >= 0.3 is 0 Å². The van der Waals surface area contributed by atoms with Crippen LogP contribution in [0.15, 0.2) is 35.2 Å². The zero-order valence-corrected chi connectivity index (χ0v) is 16.1. The van der Waals surface area contributed by atoms with Gasteiger partial charge in [0, 0.05) is 24.7 Å².